The highest BCUT2D eigenvalue weighted by atomic mass is 16.2. The Labute approximate surface area is 91.8 Å². The molecule has 0 bridgehead atoms. The van der Waals surface area contributed by atoms with Crippen LogP contribution >= 0.6 is 0 Å². The van der Waals surface area contributed by atoms with Gasteiger partial charge in [-0.05, 0) is 42.9 Å². The fourth-order valence-corrected chi connectivity index (χ4v) is 4.06. The lowest BCUT2D eigenvalue weighted by molar-refractivity contribution is -0.136. The molecule has 2 atom stereocenters. The molecule has 1 aliphatic heterocycles. The number of carbonyl (C=O) groups excluding carboxylic acids is 1. The van der Waals surface area contributed by atoms with E-state index < -0.39 is 0 Å². The van der Waals surface area contributed by atoms with Crippen LogP contribution in [0.25, 0.3) is 0 Å². The molecule has 0 aromatic carbocycles. The predicted molar refractivity (Wildman–Crippen MR) is 59.3 cm³/mol. The second kappa shape index (κ2) is 2.58. The Hall–Kier alpha value is -0.530. The summed E-state index contributed by atoms with van der Waals surface area (Å²) < 4.78 is 0. The highest BCUT2D eigenvalue weighted by Gasteiger charge is 2.68. The zero-order valence-electron chi connectivity index (χ0n) is 9.97. The van der Waals surface area contributed by atoms with E-state index in [4.69, 9.17) is 0 Å². The molecule has 1 amide bonds. The molecule has 84 valence electrons. The van der Waals surface area contributed by atoms with E-state index in [1.54, 1.807) is 0 Å². The Morgan fingerprint density at radius 3 is 2.27 bits per heavy atom. The van der Waals surface area contributed by atoms with Crippen molar-refractivity contribution in [2.24, 2.45) is 23.2 Å². The van der Waals surface area contributed by atoms with Crippen LogP contribution in [0.15, 0.2) is 0 Å². The van der Waals surface area contributed by atoms with Crippen LogP contribution < -0.4 is 5.32 Å². The maximum atomic E-state index is 12.2. The molecule has 2 unspecified atom stereocenters. The topological polar surface area (TPSA) is 29.1 Å². The molecule has 1 heterocycles. The Morgan fingerprint density at radius 2 is 1.87 bits per heavy atom. The molecule has 2 spiro atoms. The molecule has 2 nitrogen and oxygen atoms in total. The van der Waals surface area contributed by atoms with Crippen molar-refractivity contribution in [2.75, 3.05) is 0 Å². The maximum Gasteiger partial charge on any atom is 0.224 e. The molecule has 1 N–H and O–H groups in total. The highest BCUT2D eigenvalue weighted by Crippen LogP contribution is 2.67. The van der Waals surface area contributed by atoms with Gasteiger partial charge in [0.25, 0.3) is 0 Å². The van der Waals surface area contributed by atoms with Gasteiger partial charge < -0.3 is 5.32 Å². The van der Waals surface area contributed by atoms with E-state index in [0.29, 0.717) is 23.2 Å². The fraction of sp³-hybridized carbons (Fsp3) is 0.923. The normalized spacial score (nSPS) is 39.6. The summed E-state index contributed by atoms with van der Waals surface area (Å²) in [6.07, 6.45) is 5.00. The molecule has 1 saturated heterocycles. The Balaban J connectivity index is 1.95. The molecule has 2 saturated carbocycles. The van der Waals surface area contributed by atoms with Gasteiger partial charge in [-0.15, -0.1) is 0 Å². The van der Waals surface area contributed by atoms with E-state index in [-0.39, 0.29) is 11.5 Å². The van der Waals surface area contributed by atoms with Crippen LogP contribution in [-0.2, 0) is 4.79 Å². The first-order valence-corrected chi connectivity index (χ1v) is 6.34. The molecule has 2 aliphatic carbocycles. The largest absolute Gasteiger partial charge is 0.350 e. The van der Waals surface area contributed by atoms with Gasteiger partial charge in [0, 0.05) is 11.5 Å². The molecule has 0 radical (unpaired) electrons. The van der Waals surface area contributed by atoms with Gasteiger partial charge in [-0.1, -0.05) is 20.8 Å². The number of rotatable bonds is 1. The van der Waals surface area contributed by atoms with Crippen molar-refractivity contribution in [3.8, 4) is 0 Å². The van der Waals surface area contributed by atoms with Gasteiger partial charge in [-0.2, -0.15) is 0 Å². The van der Waals surface area contributed by atoms with Crippen LogP contribution in [0.1, 0.15) is 46.5 Å². The van der Waals surface area contributed by atoms with Crippen molar-refractivity contribution >= 4 is 5.91 Å². The van der Waals surface area contributed by atoms with Gasteiger partial charge in [0.05, 0.1) is 0 Å². The number of carbonyl (C=O) groups is 1. The van der Waals surface area contributed by atoms with E-state index in [2.05, 4.69) is 26.1 Å². The van der Waals surface area contributed by atoms with Crippen LogP contribution in [0.3, 0.4) is 0 Å². The number of hydrogen-bond acceptors (Lipinski definition) is 1. The van der Waals surface area contributed by atoms with Crippen molar-refractivity contribution in [1.82, 2.24) is 5.32 Å². The Bertz CT molecular complexity index is 312. The minimum atomic E-state index is 0.221. The molecule has 2 heteroatoms. The standard InChI is InChI=1S/C13H21NO/c1-8(2)10-11(15)14-13(6-7-13)9(3)12(10)4-5-12/h8-10H,4-7H2,1-3H3,(H,14,15). The fourth-order valence-electron chi connectivity index (χ4n) is 4.06. The molecule has 3 rings (SSSR count). The molecular weight excluding hydrogens is 186 g/mol. The summed E-state index contributed by atoms with van der Waals surface area (Å²) in [5.74, 6) is 1.82. The van der Waals surface area contributed by atoms with Crippen molar-refractivity contribution in [3.63, 3.8) is 0 Å². The van der Waals surface area contributed by atoms with Crippen LogP contribution in [0, 0.1) is 23.2 Å². The second-order valence-electron chi connectivity index (χ2n) is 6.32. The number of piperidine rings is 1. The lowest BCUT2D eigenvalue weighted by Gasteiger charge is -2.44. The molecule has 0 aromatic heterocycles. The first-order chi connectivity index (χ1) is 7.02. The number of amides is 1. The smallest absolute Gasteiger partial charge is 0.224 e. The van der Waals surface area contributed by atoms with Crippen molar-refractivity contribution in [3.05, 3.63) is 0 Å². The third-order valence-electron chi connectivity index (χ3n) is 5.25. The quantitative estimate of drug-likeness (QED) is 0.702. The Morgan fingerprint density at radius 1 is 1.27 bits per heavy atom. The minimum Gasteiger partial charge on any atom is -0.350 e. The maximum absolute atomic E-state index is 12.2. The van der Waals surface area contributed by atoms with Gasteiger partial charge in [-0.25, -0.2) is 0 Å². The zero-order chi connectivity index (χ0) is 10.8. The van der Waals surface area contributed by atoms with Crippen LogP contribution in [0.2, 0.25) is 0 Å². The van der Waals surface area contributed by atoms with E-state index in [1.807, 2.05) is 0 Å². The zero-order valence-corrected chi connectivity index (χ0v) is 9.97. The first kappa shape index (κ1) is 9.68. The third kappa shape index (κ3) is 1.08. The van der Waals surface area contributed by atoms with E-state index in [9.17, 15) is 4.79 Å². The summed E-state index contributed by atoms with van der Waals surface area (Å²) in [7, 11) is 0. The SMILES string of the molecule is CC(C)C1C(=O)NC2(CC2)C(C)C12CC2. The van der Waals surface area contributed by atoms with E-state index in [1.165, 1.54) is 25.7 Å². The number of hydrogen-bond donors (Lipinski definition) is 1. The van der Waals surface area contributed by atoms with Crippen molar-refractivity contribution in [1.29, 1.82) is 0 Å². The van der Waals surface area contributed by atoms with Gasteiger partial charge in [0.15, 0.2) is 0 Å². The molecule has 15 heavy (non-hydrogen) atoms. The summed E-state index contributed by atoms with van der Waals surface area (Å²) >= 11 is 0. The summed E-state index contributed by atoms with van der Waals surface area (Å²) in [5.41, 5.74) is 0.603. The lowest BCUT2D eigenvalue weighted by Crippen LogP contribution is -2.57. The van der Waals surface area contributed by atoms with Crippen molar-refractivity contribution < 1.29 is 4.79 Å². The summed E-state index contributed by atoms with van der Waals surface area (Å²) in [5, 5.41) is 3.30. The second-order valence-corrected chi connectivity index (χ2v) is 6.32. The van der Waals surface area contributed by atoms with Crippen LogP contribution in [-0.4, -0.2) is 11.4 Å². The molecule has 0 aromatic rings. The van der Waals surface area contributed by atoms with E-state index in [0.717, 1.165) is 0 Å². The third-order valence-corrected chi connectivity index (χ3v) is 5.25. The average Bonchev–Trinajstić information content (AvgIpc) is 2.99. The predicted octanol–water partition coefficient (Wildman–Crippen LogP) is 2.34. The summed E-state index contributed by atoms with van der Waals surface area (Å²) in [6.45, 7) is 6.76. The summed E-state index contributed by atoms with van der Waals surface area (Å²) in [6, 6.07) is 0. The Kier molecular flexibility index (Phi) is 1.67. The molecule has 3 aliphatic rings. The first-order valence-electron chi connectivity index (χ1n) is 6.34. The van der Waals surface area contributed by atoms with Gasteiger partial charge >= 0.3 is 0 Å². The van der Waals surface area contributed by atoms with Gasteiger partial charge in [-0.3, -0.25) is 4.79 Å². The molecular formula is C13H21NO. The lowest BCUT2D eigenvalue weighted by atomic mass is 9.66. The van der Waals surface area contributed by atoms with Gasteiger partial charge in [0.1, 0.15) is 0 Å². The highest BCUT2D eigenvalue weighted by molar-refractivity contribution is 5.83. The van der Waals surface area contributed by atoms with Gasteiger partial charge in [0.2, 0.25) is 5.91 Å². The van der Waals surface area contributed by atoms with Crippen molar-refractivity contribution in [2.45, 2.75) is 52.0 Å². The summed E-state index contributed by atoms with van der Waals surface area (Å²) in [4.78, 5) is 12.2. The van der Waals surface area contributed by atoms with E-state index >= 15 is 0 Å². The average molecular weight is 207 g/mol. The minimum absolute atomic E-state index is 0.221. The number of nitrogens with one attached hydrogen (secondary N) is 1. The monoisotopic (exact) mass is 207 g/mol. The molecule has 3 fully saturated rings. The van der Waals surface area contributed by atoms with Crippen LogP contribution in [0.5, 0.6) is 0 Å². The van der Waals surface area contributed by atoms with Crippen LogP contribution in [0.4, 0.5) is 0 Å².